The summed E-state index contributed by atoms with van der Waals surface area (Å²) >= 11 is 6.11. The Morgan fingerprint density at radius 2 is 2.35 bits per heavy atom. The highest BCUT2D eigenvalue weighted by molar-refractivity contribution is 6.32. The predicted octanol–water partition coefficient (Wildman–Crippen LogP) is 1.22. The van der Waals surface area contributed by atoms with Gasteiger partial charge in [0.25, 0.3) is 5.56 Å². The van der Waals surface area contributed by atoms with E-state index in [1.165, 1.54) is 4.68 Å². The first-order chi connectivity index (χ1) is 9.58. The third-order valence-corrected chi connectivity index (χ3v) is 3.85. The van der Waals surface area contributed by atoms with Crippen LogP contribution in [0, 0.1) is 0 Å². The Hall–Kier alpha value is -1.11. The van der Waals surface area contributed by atoms with Gasteiger partial charge in [0, 0.05) is 19.2 Å². The van der Waals surface area contributed by atoms with Crippen LogP contribution < -0.4 is 16.6 Å². The van der Waals surface area contributed by atoms with E-state index in [0.717, 1.165) is 12.8 Å². The molecule has 1 saturated carbocycles. The van der Waals surface area contributed by atoms with Crippen molar-refractivity contribution in [3.63, 3.8) is 0 Å². The summed E-state index contributed by atoms with van der Waals surface area (Å²) in [6, 6.07) is -0.0311. The average Bonchev–Trinajstić information content (AvgIpc) is 2.43. The number of aryl methyl sites for hydroxylation is 1. The van der Waals surface area contributed by atoms with Crippen molar-refractivity contribution in [1.82, 2.24) is 9.78 Å². The van der Waals surface area contributed by atoms with Crippen LogP contribution in [0.25, 0.3) is 0 Å². The summed E-state index contributed by atoms with van der Waals surface area (Å²) in [5.41, 5.74) is 6.21. The quantitative estimate of drug-likeness (QED) is 0.825. The van der Waals surface area contributed by atoms with E-state index in [-0.39, 0.29) is 28.8 Å². The fourth-order valence-corrected chi connectivity index (χ4v) is 2.54. The Balaban J connectivity index is 2.14. The highest BCUT2D eigenvalue weighted by Crippen LogP contribution is 2.27. The summed E-state index contributed by atoms with van der Waals surface area (Å²) in [5, 5.41) is 7.45. The number of rotatable bonds is 6. The van der Waals surface area contributed by atoms with Gasteiger partial charge in [-0.3, -0.25) is 4.79 Å². The fraction of sp³-hybridized carbons (Fsp3) is 0.692. The van der Waals surface area contributed by atoms with Crippen molar-refractivity contribution in [3.8, 4) is 0 Å². The van der Waals surface area contributed by atoms with Gasteiger partial charge in [0.1, 0.15) is 5.02 Å². The molecule has 1 aliphatic rings. The Morgan fingerprint density at radius 3 is 2.95 bits per heavy atom. The number of nitrogens with zero attached hydrogens (tertiary/aromatic N) is 2. The number of halogens is 1. The minimum Gasteiger partial charge on any atom is -0.376 e. The van der Waals surface area contributed by atoms with Crippen LogP contribution in [0.3, 0.4) is 0 Å². The van der Waals surface area contributed by atoms with E-state index in [9.17, 15) is 4.79 Å². The van der Waals surface area contributed by atoms with Crippen molar-refractivity contribution in [1.29, 1.82) is 0 Å². The van der Waals surface area contributed by atoms with Gasteiger partial charge in [0.05, 0.1) is 24.0 Å². The molecule has 3 N–H and O–H groups in total. The summed E-state index contributed by atoms with van der Waals surface area (Å²) in [7, 11) is 0. The van der Waals surface area contributed by atoms with Gasteiger partial charge in [-0.15, -0.1) is 0 Å². The van der Waals surface area contributed by atoms with Gasteiger partial charge in [-0.1, -0.05) is 18.5 Å². The van der Waals surface area contributed by atoms with Gasteiger partial charge in [-0.25, -0.2) is 4.68 Å². The topological polar surface area (TPSA) is 82.2 Å². The molecule has 3 atom stereocenters. The molecule has 20 heavy (non-hydrogen) atoms. The van der Waals surface area contributed by atoms with Crippen LogP contribution in [-0.4, -0.2) is 34.6 Å². The standard InChI is InChI=1S/C13H21ClN4O2/c1-3-5-18-13(19)11(14)9(7-16-18)17-12-8(15)6-10(12)20-4-2/h7-8,10,12,17H,3-6,15H2,1-2H3. The molecule has 0 amide bonds. The maximum atomic E-state index is 12.0. The normalized spacial score (nSPS) is 25.3. The number of ether oxygens (including phenoxy) is 1. The second-order valence-corrected chi connectivity index (χ2v) is 5.34. The molecule has 0 saturated heterocycles. The number of hydrogen-bond donors (Lipinski definition) is 2. The monoisotopic (exact) mass is 300 g/mol. The predicted molar refractivity (Wildman–Crippen MR) is 79.2 cm³/mol. The average molecular weight is 301 g/mol. The number of aromatic nitrogens is 2. The summed E-state index contributed by atoms with van der Waals surface area (Å²) in [6.07, 6.45) is 3.27. The van der Waals surface area contributed by atoms with Crippen LogP contribution in [-0.2, 0) is 11.3 Å². The van der Waals surface area contributed by atoms with Crippen LogP contribution in [0.2, 0.25) is 5.02 Å². The smallest absolute Gasteiger partial charge is 0.287 e. The molecule has 112 valence electrons. The van der Waals surface area contributed by atoms with Gasteiger partial charge < -0.3 is 15.8 Å². The van der Waals surface area contributed by atoms with Crippen molar-refractivity contribution in [2.24, 2.45) is 5.73 Å². The maximum absolute atomic E-state index is 12.0. The molecule has 7 heteroatoms. The van der Waals surface area contributed by atoms with Crippen molar-refractivity contribution in [3.05, 3.63) is 21.6 Å². The second kappa shape index (κ2) is 6.56. The molecule has 0 radical (unpaired) electrons. The Morgan fingerprint density at radius 1 is 1.60 bits per heavy atom. The Kier molecular flexibility index (Phi) is 5.01. The zero-order valence-corrected chi connectivity index (χ0v) is 12.6. The Bertz CT molecular complexity index is 518. The third-order valence-electron chi connectivity index (χ3n) is 3.49. The molecule has 6 nitrogen and oxygen atoms in total. The summed E-state index contributed by atoms with van der Waals surface area (Å²) in [6.45, 7) is 5.12. The molecule has 2 rings (SSSR count). The van der Waals surface area contributed by atoms with E-state index in [2.05, 4.69) is 10.4 Å². The van der Waals surface area contributed by atoms with E-state index < -0.39 is 0 Å². The molecule has 1 fully saturated rings. The summed E-state index contributed by atoms with van der Waals surface area (Å²) in [4.78, 5) is 12.0. The van der Waals surface area contributed by atoms with Crippen molar-refractivity contribution < 1.29 is 4.74 Å². The van der Waals surface area contributed by atoms with Crippen molar-refractivity contribution in [2.45, 2.75) is 51.4 Å². The number of anilines is 1. The lowest BCUT2D eigenvalue weighted by Crippen LogP contribution is -2.60. The number of nitrogens with one attached hydrogen (secondary N) is 1. The van der Waals surface area contributed by atoms with E-state index in [1.807, 2.05) is 13.8 Å². The third kappa shape index (κ3) is 2.97. The molecule has 1 aliphatic carbocycles. The first kappa shape index (κ1) is 15.3. The van der Waals surface area contributed by atoms with Crippen LogP contribution in [0.4, 0.5) is 5.69 Å². The van der Waals surface area contributed by atoms with E-state index >= 15 is 0 Å². The Labute approximate surface area is 123 Å². The lowest BCUT2D eigenvalue weighted by molar-refractivity contribution is -0.0126. The number of nitrogens with two attached hydrogens (primary N) is 1. The molecule has 0 aliphatic heterocycles. The van der Waals surface area contributed by atoms with Crippen LogP contribution in [0.5, 0.6) is 0 Å². The van der Waals surface area contributed by atoms with Crippen LogP contribution >= 0.6 is 11.6 Å². The van der Waals surface area contributed by atoms with E-state index in [0.29, 0.717) is 18.8 Å². The molecule has 1 heterocycles. The first-order valence-corrected chi connectivity index (χ1v) is 7.35. The van der Waals surface area contributed by atoms with Crippen molar-refractivity contribution >= 4 is 17.3 Å². The molecular weight excluding hydrogens is 280 g/mol. The summed E-state index contributed by atoms with van der Waals surface area (Å²) in [5.74, 6) is 0. The molecular formula is C13H21ClN4O2. The molecule has 1 aromatic rings. The minimum absolute atomic E-state index is 0.000639. The van der Waals surface area contributed by atoms with Crippen LogP contribution in [0.1, 0.15) is 26.7 Å². The first-order valence-electron chi connectivity index (χ1n) is 6.97. The maximum Gasteiger partial charge on any atom is 0.287 e. The second-order valence-electron chi connectivity index (χ2n) is 4.96. The van der Waals surface area contributed by atoms with Gasteiger partial charge in [-0.2, -0.15) is 5.10 Å². The fourth-order valence-electron chi connectivity index (χ4n) is 2.34. The van der Waals surface area contributed by atoms with Gasteiger partial charge in [0.15, 0.2) is 0 Å². The van der Waals surface area contributed by atoms with Gasteiger partial charge in [0.2, 0.25) is 0 Å². The molecule has 3 unspecified atom stereocenters. The van der Waals surface area contributed by atoms with Gasteiger partial charge >= 0.3 is 0 Å². The molecule has 1 aromatic heterocycles. The zero-order valence-electron chi connectivity index (χ0n) is 11.8. The lowest BCUT2D eigenvalue weighted by Gasteiger charge is -2.43. The molecule has 0 spiro atoms. The largest absolute Gasteiger partial charge is 0.376 e. The highest BCUT2D eigenvalue weighted by atomic mass is 35.5. The van der Waals surface area contributed by atoms with Gasteiger partial charge in [-0.05, 0) is 19.8 Å². The van der Waals surface area contributed by atoms with E-state index in [4.69, 9.17) is 22.1 Å². The van der Waals surface area contributed by atoms with Crippen molar-refractivity contribution in [2.75, 3.05) is 11.9 Å². The number of hydrogen-bond acceptors (Lipinski definition) is 5. The SMILES string of the molecule is CCCn1ncc(NC2C(N)CC2OCC)c(Cl)c1=O. The lowest BCUT2D eigenvalue weighted by atomic mass is 9.83. The molecule has 0 bridgehead atoms. The van der Waals surface area contributed by atoms with E-state index in [1.54, 1.807) is 6.20 Å². The molecule has 0 aromatic carbocycles. The zero-order chi connectivity index (χ0) is 14.7. The van der Waals surface area contributed by atoms with Crippen LogP contribution in [0.15, 0.2) is 11.0 Å². The summed E-state index contributed by atoms with van der Waals surface area (Å²) < 4.78 is 6.95. The highest BCUT2D eigenvalue weighted by Gasteiger charge is 2.39. The minimum atomic E-state index is -0.278.